The highest BCUT2D eigenvalue weighted by Gasteiger charge is 2.33. The maximum absolute atomic E-state index is 6.32. The topological polar surface area (TPSA) is 21.3 Å². The van der Waals surface area contributed by atoms with E-state index in [0.717, 1.165) is 22.1 Å². The first-order valence-electron chi connectivity index (χ1n) is 6.28. The van der Waals surface area contributed by atoms with Gasteiger partial charge in [0, 0.05) is 17.2 Å². The Labute approximate surface area is 118 Å². The normalized spacial score (nSPS) is 15.2. The SMILES string of the molecule is COc1ccc2c(c1)Nc1c(Cl)cccc1C2(C)C. The first-order chi connectivity index (χ1) is 9.04. The molecule has 19 heavy (non-hydrogen) atoms. The number of hydrogen-bond acceptors (Lipinski definition) is 2. The highest BCUT2D eigenvalue weighted by atomic mass is 35.5. The van der Waals surface area contributed by atoms with Crippen LogP contribution in [0.4, 0.5) is 11.4 Å². The van der Waals surface area contributed by atoms with Crippen molar-refractivity contribution < 1.29 is 4.74 Å². The lowest BCUT2D eigenvalue weighted by atomic mass is 9.74. The zero-order valence-corrected chi connectivity index (χ0v) is 12.0. The van der Waals surface area contributed by atoms with E-state index in [1.807, 2.05) is 24.3 Å². The summed E-state index contributed by atoms with van der Waals surface area (Å²) in [5, 5.41) is 4.18. The molecule has 0 saturated carbocycles. The number of benzene rings is 2. The fourth-order valence-electron chi connectivity index (χ4n) is 2.75. The zero-order valence-electron chi connectivity index (χ0n) is 11.3. The third kappa shape index (κ3) is 1.79. The number of fused-ring (bicyclic) bond motifs is 2. The highest BCUT2D eigenvalue weighted by Crippen LogP contribution is 2.48. The van der Waals surface area contributed by atoms with Crippen LogP contribution in [-0.4, -0.2) is 7.11 Å². The monoisotopic (exact) mass is 273 g/mol. The first kappa shape index (κ1) is 12.4. The minimum absolute atomic E-state index is 0.0763. The third-order valence-corrected chi connectivity index (χ3v) is 4.16. The Hall–Kier alpha value is -1.67. The molecular weight excluding hydrogens is 258 g/mol. The van der Waals surface area contributed by atoms with Crippen LogP contribution in [0.2, 0.25) is 5.02 Å². The molecule has 2 aromatic carbocycles. The van der Waals surface area contributed by atoms with E-state index in [-0.39, 0.29) is 5.41 Å². The third-order valence-electron chi connectivity index (χ3n) is 3.85. The smallest absolute Gasteiger partial charge is 0.120 e. The van der Waals surface area contributed by atoms with Crippen molar-refractivity contribution in [3.05, 3.63) is 52.5 Å². The summed E-state index contributed by atoms with van der Waals surface area (Å²) >= 11 is 6.32. The van der Waals surface area contributed by atoms with Crippen molar-refractivity contribution >= 4 is 23.0 Å². The molecule has 2 nitrogen and oxygen atoms in total. The van der Waals surface area contributed by atoms with Crippen molar-refractivity contribution in [3.63, 3.8) is 0 Å². The molecule has 0 bridgehead atoms. The van der Waals surface area contributed by atoms with Gasteiger partial charge in [-0.25, -0.2) is 0 Å². The molecule has 1 aliphatic heterocycles. The van der Waals surface area contributed by atoms with E-state index >= 15 is 0 Å². The van der Waals surface area contributed by atoms with Crippen LogP contribution in [0.1, 0.15) is 25.0 Å². The van der Waals surface area contributed by atoms with E-state index in [1.165, 1.54) is 11.1 Å². The molecule has 1 N–H and O–H groups in total. The van der Waals surface area contributed by atoms with Gasteiger partial charge in [0.25, 0.3) is 0 Å². The number of ether oxygens (including phenoxy) is 1. The average Bonchev–Trinajstić information content (AvgIpc) is 2.39. The predicted octanol–water partition coefficient (Wildman–Crippen LogP) is 4.73. The maximum atomic E-state index is 6.32. The molecule has 3 heteroatoms. The van der Waals surface area contributed by atoms with Crippen LogP contribution in [-0.2, 0) is 5.41 Å². The van der Waals surface area contributed by atoms with Crippen LogP contribution in [0.25, 0.3) is 0 Å². The molecule has 3 rings (SSSR count). The van der Waals surface area contributed by atoms with Crippen LogP contribution >= 0.6 is 11.6 Å². The summed E-state index contributed by atoms with van der Waals surface area (Å²) in [6, 6.07) is 12.2. The number of para-hydroxylation sites is 1. The number of nitrogens with one attached hydrogen (secondary N) is 1. The Kier molecular flexibility index (Phi) is 2.72. The van der Waals surface area contributed by atoms with Crippen molar-refractivity contribution in [3.8, 4) is 5.75 Å². The largest absolute Gasteiger partial charge is 0.497 e. The molecule has 1 heterocycles. The molecule has 0 fully saturated rings. The van der Waals surface area contributed by atoms with E-state index in [4.69, 9.17) is 16.3 Å². The molecular formula is C16H16ClNO. The van der Waals surface area contributed by atoms with Crippen LogP contribution < -0.4 is 10.1 Å². The first-order valence-corrected chi connectivity index (χ1v) is 6.66. The van der Waals surface area contributed by atoms with Gasteiger partial charge in [0.05, 0.1) is 17.8 Å². The second-order valence-corrected chi connectivity index (χ2v) is 5.73. The van der Waals surface area contributed by atoms with E-state index in [0.29, 0.717) is 0 Å². The molecule has 0 saturated heterocycles. The van der Waals surface area contributed by atoms with E-state index in [9.17, 15) is 0 Å². The molecule has 0 unspecified atom stereocenters. The molecule has 98 valence electrons. The number of anilines is 2. The van der Waals surface area contributed by atoms with Gasteiger partial charge in [-0.2, -0.15) is 0 Å². The van der Waals surface area contributed by atoms with Crippen molar-refractivity contribution in [2.24, 2.45) is 0 Å². The Morgan fingerprint density at radius 3 is 2.63 bits per heavy atom. The number of rotatable bonds is 1. The number of hydrogen-bond donors (Lipinski definition) is 1. The highest BCUT2D eigenvalue weighted by molar-refractivity contribution is 6.33. The molecule has 0 aliphatic carbocycles. The van der Waals surface area contributed by atoms with Gasteiger partial charge in [-0.1, -0.05) is 43.6 Å². The van der Waals surface area contributed by atoms with Gasteiger partial charge in [-0.3, -0.25) is 0 Å². The summed E-state index contributed by atoms with van der Waals surface area (Å²) in [5.41, 5.74) is 4.45. The Balaban J connectivity index is 2.24. The van der Waals surface area contributed by atoms with Crippen molar-refractivity contribution in [2.75, 3.05) is 12.4 Å². The summed E-state index contributed by atoms with van der Waals surface area (Å²) < 4.78 is 5.29. The lowest BCUT2D eigenvalue weighted by molar-refractivity contribution is 0.414. The summed E-state index contributed by atoms with van der Waals surface area (Å²) in [6.45, 7) is 4.43. The fraction of sp³-hybridized carbons (Fsp3) is 0.250. The van der Waals surface area contributed by atoms with Crippen LogP contribution in [0.15, 0.2) is 36.4 Å². The summed E-state index contributed by atoms with van der Waals surface area (Å²) in [4.78, 5) is 0. The van der Waals surface area contributed by atoms with E-state index in [1.54, 1.807) is 7.11 Å². The number of halogens is 1. The van der Waals surface area contributed by atoms with Gasteiger partial charge in [0.1, 0.15) is 5.75 Å². The quantitative estimate of drug-likeness (QED) is 0.811. The Morgan fingerprint density at radius 1 is 1.11 bits per heavy atom. The van der Waals surface area contributed by atoms with Crippen LogP contribution in [0, 0.1) is 0 Å². The van der Waals surface area contributed by atoms with E-state index < -0.39 is 0 Å². The molecule has 0 spiro atoms. The van der Waals surface area contributed by atoms with Gasteiger partial charge < -0.3 is 10.1 Å². The van der Waals surface area contributed by atoms with E-state index in [2.05, 4.69) is 31.3 Å². The minimum atomic E-state index is -0.0763. The average molecular weight is 274 g/mol. The van der Waals surface area contributed by atoms with Gasteiger partial charge in [0.2, 0.25) is 0 Å². The molecule has 0 atom stereocenters. The molecule has 0 amide bonds. The summed E-state index contributed by atoms with van der Waals surface area (Å²) in [5.74, 6) is 0.845. The summed E-state index contributed by atoms with van der Waals surface area (Å²) in [6.07, 6.45) is 0. The van der Waals surface area contributed by atoms with Gasteiger partial charge in [0.15, 0.2) is 0 Å². The van der Waals surface area contributed by atoms with Crippen molar-refractivity contribution in [2.45, 2.75) is 19.3 Å². The maximum Gasteiger partial charge on any atom is 0.120 e. The second-order valence-electron chi connectivity index (χ2n) is 5.32. The fourth-order valence-corrected chi connectivity index (χ4v) is 2.97. The Bertz CT molecular complexity index is 649. The minimum Gasteiger partial charge on any atom is -0.497 e. The van der Waals surface area contributed by atoms with Gasteiger partial charge >= 0.3 is 0 Å². The van der Waals surface area contributed by atoms with Crippen LogP contribution in [0.5, 0.6) is 5.75 Å². The lowest BCUT2D eigenvalue weighted by Gasteiger charge is -2.36. The molecule has 0 radical (unpaired) electrons. The van der Waals surface area contributed by atoms with Crippen molar-refractivity contribution in [1.29, 1.82) is 0 Å². The van der Waals surface area contributed by atoms with Crippen molar-refractivity contribution in [1.82, 2.24) is 0 Å². The number of methoxy groups -OCH3 is 1. The van der Waals surface area contributed by atoms with Crippen LogP contribution in [0.3, 0.4) is 0 Å². The Morgan fingerprint density at radius 2 is 1.89 bits per heavy atom. The molecule has 0 aromatic heterocycles. The predicted molar refractivity (Wildman–Crippen MR) is 79.9 cm³/mol. The van der Waals surface area contributed by atoms with Gasteiger partial charge in [-0.05, 0) is 23.3 Å². The zero-order chi connectivity index (χ0) is 13.6. The second kappa shape index (κ2) is 4.17. The molecule has 1 aliphatic rings. The molecule has 2 aromatic rings. The van der Waals surface area contributed by atoms with Gasteiger partial charge in [-0.15, -0.1) is 0 Å². The standard InChI is InChI=1S/C16H16ClNO/c1-16(2)11-8-7-10(19-3)9-14(11)18-15-12(16)5-4-6-13(15)17/h4-9,18H,1-3H3. The lowest BCUT2D eigenvalue weighted by Crippen LogP contribution is -2.26. The summed E-state index contributed by atoms with van der Waals surface area (Å²) in [7, 11) is 1.68.